The normalized spacial score (nSPS) is 11.1. The van der Waals surface area contributed by atoms with Crippen LogP contribution in [0.4, 0.5) is 10.1 Å². The van der Waals surface area contributed by atoms with E-state index in [2.05, 4.69) is 26.1 Å². The molecule has 2 rings (SSSR count). The Morgan fingerprint density at radius 3 is 2.23 bits per heavy atom. The van der Waals surface area contributed by atoms with E-state index >= 15 is 0 Å². The van der Waals surface area contributed by atoms with E-state index in [9.17, 15) is 14.0 Å². The van der Waals surface area contributed by atoms with Gasteiger partial charge in [-0.05, 0) is 34.7 Å². The number of para-hydroxylation sites is 1. The van der Waals surface area contributed by atoms with Gasteiger partial charge in [-0.1, -0.05) is 51.1 Å². The van der Waals surface area contributed by atoms with Crippen molar-refractivity contribution in [1.82, 2.24) is 4.90 Å². The quantitative estimate of drug-likeness (QED) is 0.876. The fourth-order valence-corrected chi connectivity index (χ4v) is 2.70. The van der Waals surface area contributed by atoms with Gasteiger partial charge in [0.25, 0.3) is 0 Å². The zero-order chi connectivity index (χ0) is 19.3. The van der Waals surface area contributed by atoms with Crippen molar-refractivity contribution >= 4 is 17.5 Å². The average Bonchev–Trinajstić information content (AvgIpc) is 2.55. The van der Waals surface area contributed by atoms with Crippen LogP contribution in [-0.2, 0) is 21.5 Å². The minimum Gasteiger partial charge on any atom is -0.329 e. The second-order valence-corrected chi connectivity index (χ2v) is 7.35. The number of carbonyl (C=O) groups is 2. The largest absolute Gasteiger partial charge is 0.329 e. The lowest BCUT2D eigenvalue weighted by Gasteiger charge is -2.24. The fourth-order valence-electron chi connectivity index (χ4n) is 2.70. The third-order valence-corrected chi connectivity index (χ3v) is 4.08. The molecule has 0 aliphatic heterocycles. The number of anilines is 1. The van der Waals surface area contributed by atoms with Crippen LogP contribution in [0.1, 0.15) is 38.8 Å². The predicted octanol–water partition coefficient (Wildman–Crippen LogP) is 4.11. The molecule has 0 radical (unpaired) electrons. The second kappa shape index (κ2) is 8.13. The highest BCUT2D eigenvalue weighted by Crippen LogP contribution is 2.29. The van der Waals surface area contributed by atoms with E-state index in [-0.39, 0.29) is 36.1 Å². The van der Waals surface area contributed by atoms with Crippen LogP contribution in [-0.4, -0.2) is 23.3 Å². The molecule has 0 heterocycles. The smallest absolute Gasteiger partial charge is 0.244 e. The Bertz CT molecular complexity index is 779. The maximum atomic E-state index is 13.0. The lowest BCUT2D eigenvalue weighted by molar-refractivity contribution is -0.133. The predicted molar refractivity (Wildman–Crippen MR) is 101 cm³/mol. The Morgan fingerprint density at radius 2 is 1.65 bits per heavy atom. The molecular weight excluding hydrogens is 331 g/mol. The number of hydrogen-bond acceptors (Lipinski definition) is 2. The van der Waals surface area contributed by atoms with Crippen LogP contribution in [0, 0.1) is 5.82 Å². The van der Waals surface area contributed by atoms with Gasteiger partial charge in [-0.3, -0.25) is 9.59 Å². The molecule has 2 aromatic carbocycles. The molecule has 26 heavy (non-hydrogen) atoms. The van der Waals surface area contributed by atoms with E-state index < -0.39 is 0 Å². The molecule has 0 saturated heterocycles. The molecule has 1 N–H and O–H groups in total. The Hall–Kier alpha value is -2.69. The zero-order valence-electron chi connectivity index (χ0n) is 15.7. The van der Waals surface area contributed by atoms with E-state index in [1.54, 1.807) is 12.1 Å². The number of rotatable bonds is 5. The van der Waals surface area contributed by atoms with E-state index in [0.717, 1.165) is 16.8 Å². The first kappa shape index (κ1) is 19.6. The molecule has 138 valence electrons. The Balaban J connectivity index is 2.09. The molecule has 0 fully saturated rings. The summed E-state index contributed by atoms with van der Waals surface area (Å²) in [5.74, 6) is -0.813. The fraction of sp³-hybridized carbons (Fsp3) is 0.333. The SMILES string of the molecule is CC(=O)N(CC(=O)Nc1ccccc1C(C)(C)C)Cc1ccc(F)cc1. The molecule has 0 aliphatic rings. The summed E-state index contributed by atoms with van der Waals surface area (Å²) in [4.78, 5) is 25.8. The van der Waals surface area contributed by atoms with Gasteiger partial charge in [0.1, 0.15) is 12.4 Å². The van der Waals surface area contributed by atoms with Gasteiger partial charge in [0, 0.05) is 19.2 Å². The van der Waals surface area contributed by atoms with Crippen molar-refractivity contribution in [2.24, 2.45) is 0 Å². The van der Waals surface area contributed by atoms with Gasteiger partial charge >= 0.3 is 0 Å². The summed E-state index contributed by atoms with van der Waals surface area (Å²) in [6.07, 6.45) is 0. The standard InChI is InChI=1S/C21H25FN2O2/c1-15(25)24(13-16-9-11-17(22)12-10-16)14-20(26)23-19-8-6-5-7-18(19)21(2,3)4/h5-12H,13-14H2,1-4H3,(H,23,26). The summed E-state index contributed by atoms with van der Waals surface area (Å²) in [5, 5.41) is 2.90. The number of hydrogen-bond donors (Lipinski definition) is 1. The molecule has 5 heteroatoms. The number of nitrogens with zero attached hydrogens (tertiary/aromatic N) is 1. The first-order valence-corrected chi connectivity index (χ1v) is 8.56. The van der Waals surface area contributed by atoms with Crippen molar-refractivity contribution in [2.75, 3.05) is 11.9 Å². The summed E-state index contributed by atoms with van der Waals surface area (Å²) in [7, 11) is 0. The minimum absolute atomic E-state index is 0.0643. The summed E-state index contributed by atoms with van der Waals surface area (Å²) >= 11 is 0. The molecule has 0 bridgehead atoms. The number of amides is 2. The van der Waals surface area contributed by atoms with Crippen molar-refractivity contribution in [3.63, 3.8) is 0 Å². The summed E-state index contributed by atoms with van der Waals surface area (Å²) in [6.45, 7) is 7.84. The van der Waals surface area contributed by atoms with Crippen LogP contribution in [0.15, 0.2) is 48.5 Å². The molecule has 4 nitrogen and oxygen atoms in total. The van der Waals surface area contributed by atoms with Gasteiger partial charge < -0.3 is 10.2 Å². The lowest BCUT2D eigenvalue weighted by Crippen LogP contribution is -2.36. The van der Waals surface area contributed by atoms with Gasteiger partial charge in [0.15, 0.2) is 0 Å². The molecule has 0 aliphatic carbocycles. The Kier molecular flexibility index (Phi) is 6.14. The molecule has 0 unspecified atom stereocenters. The molecular formula is C21H25FN2O2. The zero-order valence-corrected chi connectivity index (χ0v) is 15.7. The van der Waals surface area contributed by atoms with E-state index in [4.69, 9.17) is 0 Å². The van der Waals surface area contributed by atoms with Crippen LogP contribution < -0.4 is 5.32 Å². The van der Waals surface area contributed by atoms with Gasteiger partial charge in [-0.2, -0.15) is 0 Å². The first-order valence-electron chi connectivity index (χ1n) is 8.56. The molecule has 2 amide bonds. The minimum atomic E-state index is -0.334. The third kappa shape index (κ3) is 5.41. The third-order valence-electron chi connectivity index (χ3n) is 4.08. The van der Waals surface area contributed by atoms with E-state index in [0.29, 0.717) is 0 Å². The van der Waals surface area contributed by atoms with Gasteiger partial charge in [0.2, 0.25) is 11.8 Å². The van der Waals surface area contributed by atoms with Crippen molar-refractivity contribution in [3.05, 3.63) is 65.5 Å². The first-order chi connectivity index (χ1) is 12.2. The van der Waals surface area contributed by atoms with Gasteiger partial charge in [-0.15, -0.1) is 0 Å². The maximum Gasteiger partial charge on any atom is 0.244 e. The van der Waals surface area contributed by atoms with E-state index in [1.165, 1.54) is 24.0 Å². The molecule has 0 saturated carbocycles. The van der Waals surface area contributed by atoms with Crippen LogP contribution in [0.3, 0.4) is 0 Å². The molecule has 2 aromatic rings. The molecule has 0 atom stereocenters. The van der Waals surface area contributed by atoms with Crippen molar-refractivity contribution in [1.29, 1.82) is 0 Å². The van der Waals surface area contributed by atoms with E-state index in [1.807, 2.05) is 24.3 Å². The summed E-state index contributed by atoms with van der Waals surface area (Å²) < 4.78 is 13.0. The van der Waals surface area contributed by atoms with Crippen LogP contribution in [0.2, 0.25) is 0 Å². The highest BCUT2D eigenvalue weighted by Gasteiger charge is 2.20. The Morgan fingerprint density at radius 1 is 1.04 bits per heavy atom. The average molecular weight is 356 g/mol. The maximum absolute atomic E-state index is 13.0. The molecule has 0 aromatic heterocycles. The lowest BCUT2D eigenvalue weighted by atomic mass is 9.86. The van der Waals surface area contributed by atoms with Gasteiger partial charge in [0.05, 0.1) is 0 Å². The number of carbonyl (C=O) groups excluding carboxylic acids is 2. The highest BCUT2D eigenvalue weighted by atomic mass is 19.1. The van der Waals surface area contributed by atoms with Crippen molar-refractivity contribution < 1.29 is 14.0 Å². The monoisotopic (exact) mass is 356 g/mol. The topological polar surface area (TPSA) is 49.4 Å². The summed E-state index contributed by atoms with van der Waals surface area (Å²) in [5.41, 5.74) is 2.43. The Labute approximate surface area is 154 Å². The van der Waals surface area contributed by atoms with Crippen molar-refractivity contribution in [3.8, 4) is 0 Å². The van der Waals surface area contributed by atoms with Crippen LogP contribution in [0.5, 0.6) is 0 Å². The summed E-state index contributed by atoms with van der Waals surface area (Å²) in [6, 6.07) is 13.5. The van der Waals surface area contributed by atoms with Gasteiger partial charge in [-0.25, -0.2) is 4.39 Å². The number of benzene rings is 2. The highest BCUT2D eigenvalue weighted by molar-refractivity contribution is 5.95. The van der Waals surface area contributed by atoms with Crippen LogP contribution in [0.25, 0.3) is 0 Å². The van der Waals surface area contributed by atoms with Crippen LogP contribution >= 0.6 is 0 Å². The van der Waals surface area contributed by atoms with Crippen molar-refractivity contribution in [2.45, 2.75) is 39.7 Å². The number of nitrogens with one attached hydrogen (secondary N) is 1. The number of halogens is 1. The molecule has 0 spiro atoms. The second-order valence-electron chi connectivity index (χ2n) is 7.35.